The molecule has 4 rings (SSSR count). The molecule has 0 aliphatic carbocycles. The van der Waals surface area contributed by atoms with Gasteiger partial charge in [0.25, 0.3) is 10.0 Å². The van der Waals surface area contributed by atoms with Gasteiger partial charge in [-0.05, 0) is 42.5 Å². The van der Waals surface area contributed by atoms with Crippen molar-refractivity contribution < 1.29 is 13.5 Å². The van der Waals surface area contributed by atoms with E-state index < -0.39 is 10.0 Å². The second kappa shape index (κ2) is 6.55. The van der Waals surface area contributed by atoms with Crippen LogP contribution < -0.4 is 0 Å². The first-order valence-electron chi connectivity index (χ1n) is 7.94. The number of aromatic nitrogens is 1. The number of hydrogen-bond acceptors (Lipinski definition) is 4. The van der Waals surface area contributed by atoms with Crippen LogP contribution in [-0.2, 0) is 10.0 Å². The molecule has 0 aliphatic heterocycles. The molecule has 0 unspecified atom stereocenters. The molecule has 1 aromatic heterocycles. The quantitative estimate of drug-likeness (QED) is 0.555. The summed E-state index contributed by atoms with van der Waals surface area (Å²) in [4.78, 5) is 1.89. The zero-order valence-corrected chi connectivity index (χ0v) is 15.2. The van der Waals surface area contributed by atoms with Gasteiger partial charge in [-0.3, -0.25) is 0 Å². The highest BCUT2D eigenvalue weighted by molar-refractivity contribution is 7.99. The summed E-state index contributed by atoms with van der Waals surface area (Å²) in [6.07, 6.45) is 1.48. The Hall–Kier alpha value is -2.70. The summed E-state index contributed by atoms with van der Waals surface area (Å²) < 4.78 is 26.9. The average molecular weight is 381 g/mol. The third-order valence-corrected chi connectivity index (χ3v) is 6.80. The zero-order valence-electron chi connectivity index (χ0n) is 13.6. The summed E-state index contributed by atoms with van der Waals surface area (Å²) in [5.74, 6) is 0.0818. The van der Waals surface area contributed by atoms with Crippen molar-refractivity contribution in [2.24, 2.45) is 0 Å². The van der Waals surface area contributed by atoms with Crippen LogP contribution in [0.25, 0.3) is 10.9 Å². The summed E-state index contributed by atoms with van der Waals surface area (Å²) >= 11 is 1.43. The lowest BCUT2D eigenvalue weighted by Crippen LogP contribution is -2.11. The zero-order chi connectivity index (χ0) is 18.1. The van der Waals surface area contributed by atoms with Crippen LogP contribution in [0.4, 0.5) is 0 Å². The molecule has 0 spiro atoms. The van der Waals surface area contributed by atoms with Crippen LogP contribution in [-0.4, -0.2) is 17.5 Å². The Kier molecular flexibility index (Phi) is 4.22. The molecule has 3 aromatic carbocycles. The van der Waals surface area contributed by atoms with Crippen molar-refractivity contribution in [2.75, 3.05) is 0 Å². The minimum absolute atomic E-state index is 0.0818. The van der Waals surface area contributed by atoms with E-state index in [1.807, 2.05) is 30.3 Å². The van der Waals surface area contributed by atoms with E-state index in [1.54, 1.807) is 48.5 Å². The van der Waals surface area contributed by atoms with Crippen molar-refractivity contribution in [1.29, 1.82) is 0 Å². The first-order chi connectivity index (χ1) is 12.6. The molecule has 26 heavy (non-hydrogen) atoms. The number of phenolic OH excluding ortho intramolecular Hbond substituents is 1. The van der Waals surface area contributed by atoms with Gasteiger partial charge in [-0.15, -0.1) is 0 Å². The summed E-state index contributed by atoms with van der Waals surface area (Å²) in [6.45, 7) is 0. The van der Waals surface area contributed by atoms with Crippen molar-refractivity contribution in [3.05, 3.63) is 85.1 Å². The molecule has 1 heterocycles. The Morgan fingerprint density at radius 1 is 0.808 bits per heavy atom. The smallest absolute Gasteiger partial charge is 0.268 e. The number of aromatic hydroxyl groups is 1. The van der Waals surface area contributed by atoms with Gasteiger partial charge in [-0.25, -0.2) is 12.4 Å². The number of nitrogens with zero attached hydrogens (tertiary/aromatic N) is 1. The van der Waals surface area contributed by atoms with E-state index in [9.17, 15) is 13.5 Å². The number of fused-ring (bicyclic) bond motifs is 1. The van der Waals surface area contributed by atoms with Gasteiger partial charge < -0.3 is 5.11 Å². The van der Waals surface area contributed by atoms with Crippen LogP contribution in [0, 0.1) is 0 Å². The Bertz CT molecular complexity index is 1170. The maximum atomic E-state index is 12.9. The van der Waals surface area contributed by atoms with Crippen LogP contribution in [0.15, 0.2) is 99.7 Å². The van der Waals surface area contributed by atoms with Gasteiger partial charge >= 0.3 is 0 Å². The van der Waals surface area contributed by atoms with Crippen LogP contribution >= 0.6 is 11.8 Å². The fourth-order valence-corrected chi connectivity index (χ4v) is 5.03. The number of rotatable bonds is 4. The molecule has 0 fully saturated rings. The standard InChI is InChI=1S/C20H15NO3S2/c22-20-17-13-14-21(26(23,24)16-9-5-2-6-10-16)18(17)11-12-19(20)25-15-7-3-1-4-8-15/h1-14,22H. The molecule has 0 atom stereocenters. The van der Waals surface area contributed by atoms with E-state index in [1.165, 1.54) is 21.9 Å². The predicted octanol–water partition coefficient (Wildman–Crippen LogP) is 4.74. The predicted molar refractivity (Wildman–Crippen MR) is 103 cm³/mol. The molecular weight excluding hydrogens is 366 g/mol. The largest absolute Gasteiger partial charge is 0.506 e. The molecule has 0 aliphatic rings. The maximum Gasteiger partial charge on any atom is 0.268 e. The summed E-state index contributed by atoms with van der Waals surface area (Å²) in [7, 11) is -3.71. The third-order valence-electron chi connectivity index (χ3n) is 4.04. The lowest BCUT2D eigenvalue weighted by Gasteiger charge is -2.09. The molecule has 0 amide bonds. The van der Waals surface area contributed by atoms with Crippen LogP contribution in [0.5, 0.6) is 5.75 Å². The van der Waals surface area contributed by atoms with Crippen LogP contribution in [0.3, 0.4) is 0 Å². The Labute approximate surface area is 155 Å². The normalized spacial score (nSPS) is 11.7. The minimum Gasteiger partial charge on any atom is -0.506 e. The van der Waals surface area contributed by atoms with Gasteiger partial charge in [0.2, 0.25) is 0 Å². The highest BCUT2D eigenvalue weighted by Gasteiger charge is 2.20. The summed E-state index contributed by atoms with van der Waals surface area (Å²) in [6, 6.07) is 23.1. The molecule has 0 saturated heterocycles. The summed E-state index contributed by atoms with van der Waals surface area (Å²) in [5, 5.41) is 11.1. The first kappa shape index (κ1) is 16.8. The van der Waals surface area contributed by atoms with Crippen LogP contribution in [0.1, 0.15) is 0 Å². The second-order valence-corrected chi connectivity index (χ2v) is 8.62. The van der Waals surface area contributed by atoms with Crippen molar-refractivity contribution in [2.45, 2.75) is 14.7 Å². The number of phenols is 1. The topological polar surface area (TPSA) is 59.3 Å². The van der Waals surface area contributed by atoms with E-state index in [2.05, 4.69) is 0 Å². The van der Waals surface area contributed by atoms with E-state index >= 15 is 0 Å². The SMILES string of the molecule is O=S(=O)(c1ccccc1)n1ccc2c(O)c(Sc3ccccc3)ccc21. The Morgan fingerprint density at radius 3 is 2.15 bits per heavy atom. The van der Waals surface area contributed by atoms with E-state index in [0.29, 0.717) is 15.8 Å². The summed E-state index contributed by atoms with van der Waals surface area (Å²) in [5.41, 5.74) is 0.448. The van der Waals surface area contributed by atoms with E-state index in [-0.39, 0.29) is 10.6 Å². The lowest BCUT2D eigenvalue weighted by atomic mass is 10.2. The monoisotopic (exact) mass is 381 g/mol. The van der Waals surface area contributed by atoms with E-state index in [4.69, 9.17) is 0 Å². The van der Waals surface area contributed by atoms with Gasteiger partial charge in [-0.1, -0.05) is 48.2 Å². The third kappa shape index (κ3) is 2.87. The molecule has 4 nitrogen and oxygen atoms in total. The van der Waals surface area contributed by atoms with Crippen molar-refractivity contribution >= 4 is 32.7 Å². The molecule has 4 aromatic rings. The fourth-order valence-electron chi connectivity index (χ4n) is 2.77. The van der Waals surface area contributed by atoms with Gasteiger partial charge in [0.15, 0.2) is 0 Å². The number of hydrogen-bond donors (Lipinski definition) is 1. The minimum atomic E-state index is -3.71. The van der Waals surface area contributed by atoms with Gasteiger partial charge in [-0.2, -0.15) is 0 Å². The Balaban J connectivity index is 1.80. The molecule has 6 heteroatoms. The van der Waals surface area contributed by atoms with Gasteiger partial charge in [0.1, 0.15) is 5.75 Å². The van der Waals surface area contributed by atoms with Crippen LogP contribution in [0.2, 0.25) is 0 Å². The maximum absolute atomic E-state index is 12.9. The fraction of sp³-hybridized carbons (Fsp3) is 0. The average Bonchev–Trinajstić information content (AvgIpc) is 3.11. The van der Waals surface area contributed by atoms with Crippen molar-refractivity contribution in [1.82, 2.24) is 3.97 Å². The first-order valence-corrected chi connectivity index (χ1v) is 10.2. The Morgan fingerprint density at radius 2 is 1.46 bits per heavy atom. The molecule has 1 N–H and O–H groups in total. The molecule has 0 radical (unpaired) electrons. The molecule has 0 saturated carbocycles. The van der Waals surface area contributed by atoms with Crippen molar-refractivity contribution in [3.63, 3.8) is 0 Å². The highest BCUT2D eigenvalue weighted by atomic mass is 32.2. The van der Waals surface area contributed by atoms with Gasteiger partial charge in [0.05, 0.1) is 15.3 Å². The van der Waals surface area contributed by atoms with Crippen molar-refractivity contribution in [3.8, 4) is 5.75 Å². The number of benzene rings is 3. The van der Waals surface area contributed by atoms with Gasteiger partial charge in [0, 0.05) is 16.5 Å². The molecule has 130 valence electrons. The second-order valence-electron chi connectivity index (χ2n) is 5.69. The molecular formula is C20H15NO3S2. The highest BCUT2D eigenvalue weighted by Crippen LogP contribution is 2.39. The lowest BCUT2D eigenvalue weighted by molar-refractivity contribution is 0.469. The molecule has 0 bridgehead atoms. The van der Waals surface area contributed by atoms with E-state index in [0.717, 1.165) is 4.90 Å².